The SMILES string of the molecule is CCOc1cc(F)cc(C=C(CO)B2OC(C)(C)C(C)(C)O2)c1. The average Bonchev–Trinajstić information content (AvgIpc) is 2.64. The van der Waals surface area contributed by atoms with Crippen LogP contribution in [0, 0.1) is 5.82 Å². The van der Waals surface area contributed by atoms with Gasteiger partial charge in [0.25, 0.3) is 0 Å². The van der Waals surface area contributed by atoms with Crippen molar-refractivity contribution < 1.29 is 23.5 Å². The first-order valence-electron chi connectivity index (χ1n) is 7.79. The van der Waals surface area contributed by atoms with Crippen molar-refractivity contribution in [3.8, 4) is 5.75 Å². The molecule has 6 heteroatoms. The fourth-order valence-electron chi connectivity index (χ4n) is 2.31. The van der Waals surface area contributed by atoms with Crippen LogP contribution in [0.1, 0.15) is 40.2 Å². The molecule has 0 unspecified atom stereocenters. The molecule has 0 bridgehead atoms. The van der Waals surface area contributed by atoms with Crippen molar-refractivity contribution in [1.82, 2.24) is 0 Å². The van der Waals surface area contributed by atoms with Crippen molar-refractivity contribution in [2.75, 3.05) is 13.2 Å². The van der Waals surface area contributed by atoms with Gasteiger partial charge >= 0.3 is 7.12 Å². The normalized spacial score (nSPS) is 20.0. The zero-order chi connectivity index (χ0) is 17.3. The number of benzene rings is 1. The first-order chi connectivity index (χ1) is 10.7. The first kappa shape index (κ1) is 18.0. The molecule has 0 aromatic heterocycles. The van der Waals surface area contributed by atoms with Crippen molar-refractivity contribution in [2.24, 2.45) is 0 Å². The monoisotopic (exact) mass is 322 g/mol. The quantitative estimate of drug-likeness (QED) is 0.846. The van der Waals surface area contributed by atoms with Gasteiger partial charge in [-0.15, -0.1) is 0 Å². The van der Waals surface area contributed by atoms with Crippen LogP contribution in [0.2, 0.25) is 0 Å². The molecule has 0 atom stereocenters. The zero-order valence-corrected chi connectivity index (χ0v) is 14.4. The van der Waals surface area contributed by atoms with Gasteiger partial charge < -0.3 is 19.2 Å². The molecule has 0 spiro atoms. The Hall–Kier alpha value is -1.37. The van der Waals surface area contributed by atoms with Crippen LogP contribution in [0.4, 0.5) is 4.39 Å². The summed E-state index contributed by atoms with van der Waals surface area (Å²) in [7, 11) is -0.663. The van der Waals surface area contributed by atoms with Crippen molar-refractivity contribution >= 4 is 13.2 Å². The smallest absolute Gasteiger partial charge is 0.492 e. The van der Waals surface area contributed by atoms with Gasteiger partial charge in [0, 0.05) is 6.07 Å². The van der Waals surface area contributed by atoms with Crippen LogP contribution >= 0.6 is 0 Å². The molecule has 23 heavy (non-hydrogen) atoms. The molecular formula is C17H24BFO4. The van der Waals surface area contributed by atoms with Crippen molar-refractivity contribution in [2.45, 2.75) is 45.8 Å². The number of rotatable bonds is 5. The number of halogens is 1. The Balaban J connectivity index is 2.30. The molecule has 0 radical (unpaired) electrons. The lowest BCUT2D eigenvalue weighted by atomic mass is 9.77. The predicted octanol–water partition coefficient (Wildman–Crippen LogP) is 3.23. The number of hydrogen-bond acceptors (Lipinski definition) is 4. The molecule has 1 heterocycles. The number of aliphatic hydroxyl groups is 1. The van der Waals surface area contributed by atoms with Gasteiger partial charge in [0.1, 0.15) is 11.6 Å². The highest BCUT2D eigenvalue weighted by Crippen LogP contribution is 2.38. The lowest BCUT2D eigenvalue weighted by molar-refractivity contribution is 0.00578. The summed E-state index contributed by atoms with van der Waals surface area (Å²) < 4.78 is 30.9. The largest absolute Gasteiger partial charge is 0.494 e. The summed E-state index contributed by atoms with van der Waals surface area (Å²) in [5, 5.41) is 9.68. The Morgan fingerprint density at radius 3 is 2.35 bits per heavy atom. The van der Waals surface area contributed by atoms with Gasteiger partial charge in [0.05, 0.1) is 24.4 Å². The molecule has 4 nitrogen and oxygen atoms in total. The van der Waals surface area contributed by atoms with E-state index in [9.17, 15) is 9.50 Å². The van der Waals surface area contributed by atoms with E-state index in [-0.39, 0.29) is 6.61 Å². The minimum Gasteiger partial charge on any atom is -0.494 e. The van der Waals surface area contributed by atoms with Gasteiger partial charge in [0.15, 0.2) is 0 Å². The van der Waals surface area contributed by atoms with Crippen LogP contribution in [0.25, 0.3) is 6.08 Å². The Morgan fingerprint density at radius 1 is 1.22 bits per heavy atom. The van der Waals surface area contributed by atoms with E-state index >= 15 is 0 Å². The highest BCUT2D eigenvalue weighted by atomic mass is 19.1. The molecule has 126 valence electrons. The van der Waals surface area contributed by atoms with Crippen molar-refractivity contribution in [3.05, 3.63) is 35.1 Å². The molecule has 0 aliphatic carbocycles. The fourth-order valence-corrected chi connectivity index (χ4v) is 2.31. The van der Waals surface area contributed by atoms with E-state index in [2.05, 4.69) is 0 Å². The van der Waals surface area contributed by atoms with Crippen LogP contribution in [-0.2, 0) is 9.31 Å². The van der Waals surface area contributed by atoms with Gasteiger partial charge in [-0.25, -0.2) is 4.39 Å². The van der Waals surface area contributed by atoms with Crippen LogP contribution in [0.5, 0.6) is 5.75 Å². The lowest BCUT2D eigenvalue weighted by Gasteiger charge is -2.32. The molecule has 1 aromatic rings. The Labute approximate surface area is 137 Å². The number of hydrogen-bond donors (Lipinski definition) is 1. The maximum Gasteiger partial charge on any atom is 0.492 e. The zero-order valence-electron chi connectivity index (χ0n) is 14.4. The van der Waals surface area contributed by atoms with Crippen LogP contribution in [0.3, 0.4) is 0 Å². The molecule has 1 saturated heterocycles. The molecule has 1 aromatic carbocycles. The minimum atomic E-state index is -0.663. The van der Waals surface area contributed by atoms with Crippen LogP contribution in [-0.4, -0.2) is 36.6 Å². The van der Waals surface area contributed by atoms with Crippen molar-refractivity contribution in [1.29, 1.82) is 0 Å². The Kier molecular flexibility index (Phi) is 5.18. The predicted molar refractivity (Wildman–Crippen MR) is 88.7 cm³/mol. The average molecular weight is 322 g/mol. The van der Waals surface area contributed by atoms with E-state index in [1.807, 2.05) is 34.6 Å². The van der Waals surface area contributed by atoms with Crippen LogP contribution in [0.15, 0.2) is 23.7 Å². The molecular weight excluding hydrogens is 298 g/mol. The van der Waals surface area contributed by atoms with Crippen LogP contribution < -0.4 is 4.74 Å². The summed E-state index contributed by atoms with van der Waals surface area (Å²) in [5.74, 6) is 0.0540. The third-order valence-corrected chi connectivity index (χ3v) is 4.30. The third kappa shape index (κ3) is 3.94. The highest BCUT2D eigenvalue weighted by molar-refractivity contribution is 6.55. The number of ether oxygens (including phenoxy) is 1. The molecule has 1 fully saturated rings. The molecule has 0 saturated carbocycles. The maximum absolute atomic E-state index is 13.7. The summed E-state index contributed by atoms with van der Waals surface area (Å²) in [5.41, 5.74) is 0.137. The summed E-state index contributed by atoms with van der Waals surface area (Å²) in [6, 6.07) is 4.42. The van der Waals surface area contributed by atoms with E-state index in [0.717, 1.165) is 0 Å². The second kappa shape index (κ2) is 6.63. The highest BCUT2D eigenvalue weighted by Gasteiger charge is 2.52. The van der Waals surface area contributed by atoms with Gasteiger partial charge in [-0.1, -0.05) is 6.08 Å². The summed E-state index contributed by atoms with van der Waals surface area (Å²) in [4.78, 5) is 0. The number of aliphatic hydroxyl groups excluding tert-OH is 1. The molecule has 2 rings (SSSR count). The van der Waals surface area contributed by atoms with E-state index < -0.39 is 24.1 Å². The van der Waals surface area contributed by atoms with Gasteiger partial charge in [-0.3, -0.25) is 0 Å². The van der Waals surface area contributed by atoms with Gasteiger partial charge in [-0.2, -0.15) is 0 Å². The van der Waals surface area contributed by atoms with E-state index in [1.54, 1.807) is 12.1 Å². The molecule has 0 amide bonds. The van der Waals surface area contributed by atoms with Gasteiger partial charge in [-0.05, 0) is 57.8 Å². The summed E-state index contributed by atoms with van der Waals surface area (Å²) >= 11 is 0. The molecule has 1 aliphatic rings. The minimum absolute atomic E-state index is 0.239. The standard InChI is InChI=1S/C17H24BFO4/c1-6-21-15-9-12(8-14(19)10-15)7-13(11-20)18-22-16(2,3)17(4,5)23-18/h7-10,20H,6,11H2,1-5H3. The molecule has 1 N–H and O–H groups in total. The second-order valence-corrected chi connectivity index (χ2v) is 6.62. The first-order valence-corrected chi connectivity index (χ1v) is 7.79. The summed E-state index contributed by atoms with van der Waals surface area (Å²) in [6.07, 6.45) is 1.67. The van der Waals surface area contributed by atoms with E-state index in [4.69, 9.17) is 14.0 Å². The topological polar surface area (TPSA) is 47.9 Å². The Morgan fingerprint density at radius 2 is 1.83 bits per heavy atom. The maximum atomic E-state index is 13.7. The van der Waals surface area contributed by atoms with E-state index in [0.29, 0.717) is 23.4 Å². The molecule has 1 aliphatic heterocycles. The van der Waals surface area contributed by atoms with E-state index in [1.165, 1.54) is 12.1 Å². The van der Waals surface area contributed by atoms with Gasteiger partial charge in [0.2, 0.25) is 0 Å². The fraction of sp³-hybridized carbons (Fsp3) is 0.529. The van der Waals surface area contributed by atoms with Crippen molar-refractivity contribution in [3.63, 3.8) is 0 Å². The lowest BCUT2D eigenvalue weighted by Crippen LogP contribution is -2.41. The summed E-state index contributed by atoms with van der Waals surface area (Å²) in [6.45, 7) is 9.82. The Bertz CT molecular complexity index is 582. The third-order valence-electron chi connectivity index (χ3n) is 4.30. The second-order valence-electron chi connectivity index (χ2n) is 6.62.